The summed E-state index contributed by atoms with van der Waals surface area (Å²) in [5, 5.41) is 1.16. The van der Waals surface area contributed by atoms with Crippen LogP contribution >= 0.6 is 0 Å². The number of hydrogen-bond acceptors (Lipinski definition) is 4. The third-order valence-electron chi connectivity index (χ3n) is 4.74. The average Bonchev–Trinajstić information content (AvgIpc) is 2.85. The molecule has 0 saturated carbocycles. The summed E-state index contributed by atoms with van der Waals surface area (Å²) in [7, 11) is 0. The molecule has 23 heavy (non-hydrogen) atoms. The molecule has 0 unspecified atom stereocenters. The smallest absolute Gasteiger partial charge is 0.272 e. The minimum absolute atomic E-state index is 0.130. The van der Waals surface area contributed by atoms with Gasteiger partial charge in [-0.3, -0.25) is 9.20 Å². The molecule has 0 bridgehead atoms. The van der Waals surface area contributed by atoms with Gasteiger partial charge < -0.3 is 0 Å². The Bertz CT molecular complexity index is 1180. The lowest BCUT2D eigenvalue weighted by Crippen LogP contribution is -2.12. The van der Waals surface area contributed by atoms with Gasteiger partial charge in [-0.15, -0.1) is 0 Å². The third kappa shape index (κ3) is 1.56. The highest BCUT2D eigenvalue weighted by atomic mass is 16.1. The van der Waals surface area contributed by atoms with Crippen molar-refractivity contribution in [2.75, 3.05) is 0 Å². The highest BCUT2D eigenvalue weighted by molar-refractivity contribution is 5.96. The third-order valence-corrected chi connectivity index (χ3v) is 4.74. The zero-order valence-electron chi connectivity index (χ0n) is 12.7. The summed E-state index contributed by atoms with van der Waals surface area (Å²) >= 11 is 0. The van der Waals surface area contributed by atoms with E-state index in [4.69, 9.17) is 0 Å². The van der Waals surface area contributed by atoms with Gasteiger partial charge in [0.15, 0.2) is 11.2 Å². The fourth-order valence-electron chi connectivity index (χ4n) is 3.79. The fraction of sp³-hybridized carbons (Fsp3) is 0.222. The van der Waals surface area contributed by atoms with E-state index in [0.717, 1.165) is 46.9 Å². The quantitative estimate of drug-likeness (QED) is 0.501. The lowest BCUT2D eigenvalue weighted by Gasteiger charge is -2.09. The maximum absolute atomic E-state index is 13.2. The number of para-hydroxylation sites is 1. The number of hydrogen-bond donors (Lipinski definition) is 0. The second-order valence-electron chi connectivity index (χ2n) is 6.08. The molecule has 0 fully saturated rings. The van der Waals surface area contributed by atoms with Crippen LogP contribution in [0.1, 0.15) is 23.2 Å². The van der Waals surface area contributed by atoms with Crippen molar-refractivity contribution in [2.45, 2.75) is 26.2 Å². The van der Waals surface area contributed by atoms with Gasteiger partial charge in [-0.05, 0) is 37.3 Å². The van der Waals surface area contributed by atoms with Crippen LogP contribution in [0, 0.1) is 6.92 Å². The van der Waals surface area contributed by atoms with Crippen LogP contribution in [0.25, 0.3) is 27.6 Å². The molecule has 3 heterocycles. The van der Waals surface area contributed by atoms with Crippen molar-refractivity contribution < 1.29 is 0 Å². The normalized spacial score (nSPS) is 14.0. The Morgan fingerprint density at radius 1 is 1.09 bits per heavy atom. The summed E-state index contributed by atoms with van der Waals surface area (Å²) in [5.41, 5.74) is 5.86. The molecule has 0 radical (unpaired) electrons. The molecule has 1 aromatic carbocycles. The van der Waals surface area contributed by atoms with Gasteiger partial charge in [0, 0.05) is 17.8 Å². The lowest BCUT2D eigenvalue weighted by molar-refractivity contribution is 0.788. The van der Waals surface area contributed by atoms with Gasteiger partial charge >= 0.3 is 0 Å². The van der Waals surface area contributed by atoms with E-state index in [-0.39, 0.29) is 5.56 Å². The van der Waals surface area contributed by atoms with Crippen LogP contribution in [0.2, 0.25) is 0 Å². The summed E-state index contributed by atoms with van der Waals surface area (Å²) in [6.07, 6.45) is 6.03. The second-order valence-corrected chi connectivity index (χ2v) is 6.08. The lowest BCUT2D eigenvalue weighted by atomic mass is 9.97. The monoisotopic (exact) mass is 302 g/mol. The number of benzene rings is 1. The predicted molar refractivity (Wildman–Crippen MR) is 88.8 cm³/mol. The van der Waals surface area contributed by atoms with Crippen molar-refractivity contribution in [3.05, 3.63) is 57.8 Å². The first-order valence-corrected chi connectivity index (χ1v) is 7.82. The van der Waals surface area contributed by atoms with Crippen LogP contribution in [0.3, 0.4) is 0 Å². The zero-order valence-corrected chi connectivity index (χ0v) is 12.7. The van der Waals surface area contributed by atoms with Crippen LogP contribution in [0.5, 0.6) is 0 Å². The van der Waals surface area contributed by atoms with Gasteiger partial charge in [-0.2, -0.15) is 0 Å². The molecule has 3 aromatic heterocycles. The molecular formula is C18H14N4O. The number of aryl methyl sites for hydroxylation is 3. The Morgan fingerprint density at radius 2 is 1.96 bits per heavy atom. The molecule has 0 saturated heterocycles. The highest BCUT2D eigenvalue weighted by Crippen LogP contribution is 2.33. The van der Waals surface area contributed by atoms with Crippen LogP contribution in [0.4, 0.5) is 0 Å². The van der Waals surface area contributed by atoms with Gasteiger partial charge in [0.1, 0.15) is 0 Å². The number of nitrogens with zero attached hydrogens (tertiary/aromatic N) is 4. The van der Waals surface area contributed by atoms with Gasteiger partial charge in [0.2, 0.25) is 0 Å². The number of aromatic nitrogens is 4. The van der Waals surface area contributed by atoms with Crippen molar-refractivity contribution in [3.8, 4) is 0 Å². The van der Waals surface area contributed by atoms with Crippen molar-refractivity contribution >= 4 is 27.6 Å². The van der Waals surface area contributed by atoms with Crippen LogP contribution in [0.15, 0.2) is 35.4 Å². The zero-order chi connectivity index (χ0) is 15.6. The maximum Gasteiger partial charge on any atom is 0.285 e. The highest BCUT2D eigenvalue weighted by Gasteiger charge is 2.22. The molecule has 0 spiro atoms. The molecule has 5 rings (SSSR count). The molecule has 0 amide bonds. The Kier molecular flexibility index (Phi) is 2.40. The molecule has 112 valence electrons. The molecule has 1 aliphatic carbocycles. The van der Waals surface area contributed by atoms with Crippen LogP contribution < -0.4 is 5.56 Å². The molecular weight excluding hydrogens is 288 g/mol. The predicted octanol–water partition coefficient (Wildman–Crippen LogP) is 2.59. The van der Waals surface area contributed by atoms with Gasteiger partial charge in [-0.25, -0.2) is 15.0 Å². The topological polar surface area (TPSA) is 60.2 Å². The van der Waals surface area contributed by atoms with Crippen LogP contribution in [-0.2, 0) is 12.8 Å². The van der Waals surface area contributed by atoms with E-state index in [1.54, 1.807) is 12.4 Å². The van der Waals surface area contributed by atoms with E-state index in [1.165, 1.54) is 5.56 Å². The van der Waals surface area contributed by atoms with Crippen molar-refractivity contribution in [1.82, 2.24) is 19.4 Å². The van der Waals surface area contributed by atoms with E-state index in [2.05, 4.69) is 27.1 Å². The summed E-state index contributed by atoms with van der Waals surface area (Å²) in [4.78, 5) is 26.4. The number of fused-ring (bicyclic) bond motifs is 4. The molecule has 5 heteroatoms. The summed E-state index contributed by atoms with van der Waals surface area (Å²) in [6, 6.07) is 6.20. The molecule has 0 aliphatic heterocycles. The first-order valence-electron chi connectivity index (χ1n) is 7.82. The van der Waals surface area contributed by atoms with Crippen LogP contribution in [-0.4, -0.2) is 19.4 Å². The Balaban J connectivity index is 2.23. The van der Waals surface area contributed by atoms with E-state index < -0.39 is 0 Å². The molecule has 0 atom stereocenters. The first kappa shape index (κ1) is 12.7. The molecule has 0 N–H and O–H groups in total. The van der Waals surface area contributed by atoms with Crippen molar-refractivity contribution in [3.63, 3.8) is 0 Å². The van der Waals surface area contributed by atoms with Gasteiger partial charge in [0.25, 0.3) is 5.56 Å². The van der Waals surface area contributed by atoms with Gasteiger partial charge in [0.05, 0.1) is 16.7 Å². The van der Waals surface area contributed by atoms with E-state index in [1.807, 2.05) is 17.4 Å². The first-order chi connectivity index (χ1) is 11.3. The standard InChI is InChI=1S/C18H14N4O/c1-10-4-2-5-11-12-6-3-7-13-16(12)22(15(10)11)18(23)14-17(21-13)20-9-8-19-14/h2,4-5,8-9H,3,6-7H2,1H3. The largest absolute Gasteiger partial charge is 0.285 e. The Labute approximate surface area is 131 Å². The Morgan fingerprint density at radius 3 is 2.87 bits per heavy atom. The maximum atomic E-state index is 13.2. The number of rotatable bonds is 0. The SMILES string of the molecule is Cc1cccc2c3c4c(nc5nccnc5c(=O)n4c12)CCC3. The minimum Gasteiger partial charge on any atom is -0.272 e. The summed E-state index contributed by atoms with van der Waals surface area (Å²) < 4.78 is 1.82. The summed E-state index contributed by atoms with van der Waals surface area (Å²) in [5.74, 6) is 0. The van der Waals surface area contributed by atoms with E-state index in [0.29, 0.717) is 11.2 Å². The van der Waals surface area contributed by atoms with E-state index >= 15 is 0 Å². The fourth-order valence-corrected chi connectivity index (χ4v) is 3.79. The van der Waals surface area contributed by atoms with Crippen molar-refractivity contribution in [2.24, 2.45) is 0 Å². The minimum atomic E-state index is -0.130. The summed E-state index contributed by atoms with van der Waals surface area (Å²) in [6.45, 7) is 2.05. The van der Waals surface area contributed by atoms with Gasteiger partial charge in [-0.1, -0.05) is 18.2 Å². The van der Waals surface area contributed by atoms with Crippen molar-refractivity contribution in [1.29, 1.82) is 0 Å². The molecule has 1 aliphatic rings. The average molecular weight is 302 g/mol. The second kappa shape index (κ2) is 4.35. The Hall–Kier alpha value is -2.82. The van der Waals surface area contributed by atoms with E-state index in [9.17, 15) is 4.79 Å². The molecule has 4 aromatic rings. The molecule has 5 nitrogen and oxygen atoms in total.